The summed E-state index contributed by atoms with van der Waals surface area (Å²) >= 11 is 0. The summed E-state index contributed by atoms with van der Waals surface area (Å²) in [4.78, 5) is 8.60. The molecule has 0 aliphatic rings. The maximum Gasteiger partial charge on any atom is 0.381 e. The summed E-state index contributed by atoms with van der Waals surface area (Å²) in [6.45, 7) is 1.14. The van der Waals surface area contributed by atoms with E-state index in [1.54, 1.807) is 0 Å². The lowest BCUT2D eigenvalue weighted by atomic mass is 10.7. The maximum atomic E-state index is 10.0. The first-order valence-electron chi connectivity index (χ1n) is 2.17. The van der Waals surface area contributed by atoms with E-state index in [1.165, 1.54) is 0 Å². The number of hydrogen-bond acceptors (Lipinski definition) is 4. The van der Waals surface area contributed by atoms with Crippen LogP contribution >= 0.6 is 0 Å². The van der Waals surface area contributed by atoms with Crippen LogP contribution in [0.15, 0.2) is 11.1 Å². The molecule has 0 fully saturated rings. The molecule has 0 unspecified atom stereocenters. The van der Waals surface area contributed by atoms with Gasteiger partial charge in [0.05, 0.1) is 4.92 Å². The maximum absolute atomic E-state index is 10.0. The SMILES string of the molecule is CC=C([N+](=O)[O-])S(=O)(=O)O. The molecule has 0 aliphatic heterocycles. The van der Waals surface area contributed by atoms with Crippen LogP contribution in [-0.4, -0.2) is 17.9 Å². The second-order valence-corrected chi connectivity index (χ2v) is 2.73. The van der Waals surface area contributed by atoms with Crippen molar-refractivity contribution in [2.75, 3.05) is 0 Å². The molecule has 0 aromatic heterocycles. The zero-order valence-electron chi connectivity index (χ0n) is 5.01. The zero-order chi connectivity index (χ0) is 8.36. The monoisotopic (exact) mass is 167 g/mol. The standard InChI is InChI=1S/C3H5NO5S/c1-2-3(4(5)6)10(7,8)9/h2H,1H3,(H,7,8,9). The second kappa shape index (κ2) is 2.76. The van der Waals surface area contributed by atoms with Crippen molar-refractivity contribution in [2.45, 2.75) is 6.92 Å². The van der Waals surface area contributed by atoms with E-state index in [9.17, 15) is 18.5 Å². The van der Waals surface area contributed by atoms with Gasteiger partial charge in [-0.1, -0.05) is 0 Å². The van der Waals surface area contributed by atoms with Gasteiger partial charge in [0.1, 0.15) is 0 Å². The van der Waals surface area contributed by atoms with Gasteiger partial charge in [-0.2, -0.15) is 8.42 Å². The highest BCUT2D eigenvalue weighted by Gasteiger charge is 2.24. The minimum Gasteiger partial charge on any atom is -0.277 e. The average molecular weight is 167 g/mol. The van der Waals surface area contributed by atoms with Crippen molar-refractivity contribution in [3.05, 3.63) is 21.2 Å². The van der Waals surface area contributed by atoms with Gasteiger partial charge in [-0.05, 0) is 6.92 Å². The van der Waals surface area contributed by atoms with Crippen LogP contribution in [0, 0.1) is 10.1 Å². The van der Waals surface area contributed by atoms with E-state index in [4.69, 9.17) is 4.55 Å². The fraction of sp³-hybridized carbons (Fsp3) is 0.333. The quantitative estimate of drug-likeness (QED) is 0.355. The fourth-order valence-corrected chi connectivity index (χ4v) is 0.835. The van der Waals surface area contributed by atoms with Crippen LogP contribution < -0.4 is 0 Å². The Morgan fingerprint density at radius 2 is 2.10 bits per heavy atom. The summed E-state index contributed by atoms with van der Waals surface area (Å²) < 4.78 is 28.2. The molecule has 0 heterocycles. The summed E-state index contributed by atoms with van der Waals surface area (Å²) in [5, 5.41) is 8.57. The highest BCUT2D eigenvalue weighted by atomic mass is 32.2. The number of allylic oxidation sites excluding steroid dienone is 1. The Bertz CT molecular complexity index is 263. The topological polar surface area (TPSA) is 97.5 Å². The van der Waals surface area contributed by atoms with Crippen molar-refractivity contribution in [3.8, 4) is 0 Å². The molecule has 0 aliphatic carbocycles. The normalized spacial score (nSPS) is 13.2. The van der Waals surface area contributed by atoms with Crippen LogP contribution in [0.4, 0.5) is 0 Å². The molecule has 0 rings (SSSR count). The largest absolute Gasteiger partial charge is 0.381 e. The molecule has 1 N–H and O–H groups in total. The van der Waals surface area contributed by atoms with E-state index >= 15 is 0 Å². The third-order valence-corrected chi connectivity index (χ3v) is 1.60. The van der Waals surface area contributed by atoms with E-state index in [0.29, 0.717) is 6.08 Å². The number of rotatable bonds is 2. The minimum atomic E-state index is -4.65. The average Bonchev–Trinajstić information content (AvgIpc) is 1.60. The predicted molar refractivity (Wildman–Crippen MR) is 32.3 cm³/mol. The van der Waals surface area contributed by atoms with Crippen LogP contribution in [0.3, 0.4) is 0 Å². The molecule has 0 saturated heterocycles. The van der Waals surface area contributed by atoms with Crippen molar-refractivity contribution >= 4 is 10.1 Å². The smallest absolute Gasteiger partial charge is 0.277 e. The Morgan fingerprint density at radius 1 is 1.70 bits per heavy atom. The van der Waals surface area contributed by atoms with Gasteiger partial charge in [-0.25, -0.2) is 0 Å². The van der Waals surface area contributed by atoms with E-state index in [0.717, 1.165) is 6.92 Å². The van der Waals surface area contributed by atoms with Gasteiger partial charge in [0, 0.05) is 6.08 Å². The minimum absolute atomic E-state index is 0.704. The van der Waals surface area contributed by atoms with Crippen LogP contribution in [0.25, 0.3) is 0 Å². The lowest BCUT2D eigenvalue weighted by molar-refractivity contribution is -0.412. The molecule has 0 radical (unpaired) electrons. The summed E-state index contributed by atoms with van der Waals surface area (Å²) in [6.07, 6.45) is 0.704. The summed E-state index contributed by atoms with van der Waals surface area (Å²) in [5.41, 5.74) is 0. The predicted octanol–water partition coefficient (Wildman–Crippen LogP) is 0.0122. The first-order chi connectivity index (χ1) is 4.39. The molecular formula is C3H5NO5S. The van der Waals surface area contributed by atoms with E-state index in [2.05, 4.69) is 0 Å². The number of nitrogens with zero attached hydrogens (tertiary/aromatic N) is 1. The van der Waals surface area contributed by atoms with Crippen LogP contribution in [-0.2, 0) is 10.1 Å². The number of hydrogen-bond donors (Lipinski definition) is 1. The van der Waals surface area contributed by atoms with E-state index in [-0.39, 0.29) is 0 Å². The second-order valence-electron chi connectivity index (χ2n) is 1.36. The Hall–Kier alpha value is -0.950. The Morgan fingerprint density at radius 3 is 2.10 bits per heavy atom. The van der Waals surface area contributed by atoms with Crippen LogP contribution in [0.2, 0.25) is 0 Å². The van der Waals surface area contributed by atoms with E-state index in [1.807, 2.05) is 0 Å². The molecule has 0 saturated carbocycles. The first-order valence-corrected chi connectivity index (χ1v) is 3.61. The molecule has 0 amide bonds. The zero-order valence-corrected chi connectivity index (χ0v) is 5.83. The molecule has 58 valence electrons. The van der Waals surface area contributed by atoms with Crippen LogP contribution in [0.1, 0.15) is 6.92 Å². The van der Waals surface area contributed by atoms with Crippen molar-refractivity contribution in [1.29, 1.82) is 0 Å². The van der Waals surface area contributed by atoms with Gasteiger partial charge < -0.3 is 0 Å². The van der Waals surface area contributed by atoms with Gasteiger partial charge >= 0.3 is 15.1 Å². The molecule has 0 aromatic carbocycles. The van der Waals surface area contributed by atoms with Gasteiger partial charge in [0.2, 0.25) is 0 Å². The third-order valence-electron chi connectivity index (χ3n) is 0.691. The molecule has 6 nitrogen and oxygen atoms in total. The molecule has 0 atom stereocenters. The van der Waals surface area contributed by atoms with Crippen molar-refractivity contribution in [2.24, 2.45) is 0 Å². The van der Waals surface area contributed by atoms with Crippen molar-refractivity contribution in [3.63, 3.8) is 0 Å². The fourth-order valence-electron chi connectivity index (χ4n) is 0.349. The van der Waals surface area contributed by atoms with Gasteiger partial charge in [0.15, 0.2) is 0 Å². The third kappa shape index (κ3) is 2.11. The van der Waals surface area contributed by atoms with Crippen molar-refractivity contribution in [1.82, 2.24) is 0 Å². The summed E-state index contributed by atoms with van der Waals surface area (Å²) in [6, 6.07) is 0. The highest BCUT2D eigenvalue weighted by Crippen LogP contribution is 2.02. The molecule has 0 bridgehead atoms. The molecule has 0 aromatic rings. The molecule has 7 heteroatoms. The Labute approximate surface area is 57.1 Å². The Balaban J connectivity index is 4.95. The molecular weight excluding hydrogens is 162 g/mol. The van der Waals surface area contributed by atoms with Crippen LogP contribution in [0.5, 0.6) is 0 Å². The first kappa shape index (κ1) is 9.05. The lowest BCUT2D eigenvalue weighted by Crippen LogP contribution is -2.10. The molecule has 0 spiro atoms. The summed E-state index contributed by atoms with van der Waals surface area (Å²) in [7, 11) is -4.65. The van der Waals surface area contributed by atoms with Gasteiger partial charge in [-0.15, -0.1) is 0 Å². The van der Waals surface area contributed by atoms with Crippen molar-refractivity contribution < 1.29 is 17.9 Å². The Kier molecular flexibility index (Phi) is 2.49. The number of nitro groups is 1. The van der Waals surface area contributed by atoms with Gasteiger partial charge in [-0.3, -0.25) is 14.7 Å². The molecule has 10 heavy (non-hydrogen) atoms. The van der Waals surface area contributed by atoms with Gasteiger partial charge in [0.25, 0.3) is 0 Å². The highest BCUT2D eigenvalue weighted by molar-refractivity contribution is 7.89. The lowest BCUT2D eigenvalue weighted by Gasteiger charge is -1.89. The van der Waals surface area contributed by atoms with E-state index < -0.39 is 20.1 Å². The summed E-state index contributed by atoms with van der Waals surface area (Å²) in [5.74, 6) is 0.